The summed E-state index contributed by atoms with van der Waals surface area (Å²) >= 11 is 0. The number of carbonyl (C=O) groups is 1. The van der Waals surface area contributed by atoms with Crippen molar-refractivity contribution >= 4 is 5.91 Å². The number of benzene rings is 1. The first kappa shape index (κ1) is 20.1. The fraction of sp³-hybridized carbons (Fsp3) is 0.565. The molecular formula is C23H30FN3O2. The Morgan fingerprint density at radius 1 is 1.21 bits per heavy atom. The number of amides is 1. The molecule has 0 radical (unpaired) electrons. The molecule has 6 heteroatoms. The Bertz CT molecular complexity index is 846. The summed E-state index contributed by atoms with van der Waals surface area (Å²) in [6.45, 7) is 6.15. The standard InChI is InChI=1S/C23H30FN3O2/c1-23(22-25-15-20(29-22)14-18-7-5-8-19(24)13-18)9-6-12-27(17-23)21(28)16-26-10-3-2-4-11-26/h5,7-8,13,15H,2-4,6,9-12,14,16-17H2,1H3. The highest BCUT2D eigenvalue weighted by atomic mass is 19.1. The topological polar surface area (TPSA) is 49.6 Å². The van der Waals surface area contributed by atoms with E-state index in [9.17, 15) is 9.18 Å². The van der Waals surface area contributed by atoms with E-state index in [2.05, 4.69) is 16.8 Å². The van der Waals surface area contributed by atoms with Crippen LogP contribution < -0.4 is 0 Å². The van der Waals surface area contributed by atoms with Crippen LogP contribution in [0.2, 0.25) is 0 Å². The average Bonchev–Trinajstić information content (AvgIpc) is 3.18. The minimum Gasteiger partial charge on any atom is -0.445 e. The first-order chi connectivity index (χ1) is 14.0. The first-order valence-corrected chi connectivity index (χ1v) is 10.7. The van der Waals surface area contributed by atoms with Crippen LogP contribution in [0.15, 0.2) is 34.9 Å². The summed E-state index contributed by atoms with van der Waals surface area (Å²) in [5, 5.41) is 0. The second-order valence-electron chi connectivity index (χ2n) is 8.75. The van der Waals surface area contributed by atoms with Crippen molar-refractivity contribution in [1.29, 1.82) is 0 Å². The Balaban J connectivity index is 1.41. The van der Waals surface area contributed by atoms with Crippen LogP contribution in [0.25, 0.3) is 0 Å². The van der Waals surface area contributed by atoms with Crippen LogP contribution in [0.1, 0.15) is 56.2 Å². The molecule has 5 nitrogen and oxygen atoms in total. The largest absolute Gasteiger partial charge is 0.445 e. The fourth-order valence-corrected chi connectivity index (χ4v) is 4.55. The molecule has 2 aromatic rings. The molecule has 0 bridgehead atoms. The zero-order chi connectivity index (χ0) is 20.3. The maximum absolute atomic E-state index is 13.4. The summed E-state index contributed by atoms with van der Waals surface area (Å²) in [5.41, 5.74) is 0.579. The molecule has 29 heavy (non-hydrogen) atoms. The molecule has 1 aromatic carbocycles. The number of aromatic nitrogens is 1. The zero-order valence-electron chi connectivity index (χ0n) is 17.2. The molecule has 0 N–H and O–H groups in total. The van der Waals surface area contributed by atoms with Gasteiger partial charge in [0.25, 0.3) is 0 Å². The van der Waals surface area contributed by atoms with Crippen LogP contribution in [0.3, 0.4) is 0 Å². The smallest absolute Gasteiger partial charge is 0.236 e. The number of likely N-dealkylation sites (tertiary alicyclic amines) is 2. The minimum atomic E-state index is -0.282. The number of carbonyl (C=O) groups excluding carboxylic acids is 1. The molecule has 2 saturated heterocycles. The van der Waals surface area contributed by atoms with Gasteiger partial charge in [-0.3, -0.25) is 9.69 Å². The second-order valence-corrected chi connectivity index (χ2v) is 8.75. The quantitative estimate of drug-likeness (QED) is 0.768. The summed E-state index contributed by atoms with van der Waals surface area (Å²) in [6.07, 6.45) is 7.79. The lowest BCUT2D eigenvalue weighted by Gasteiger charge is -2.39. The molecule has 1 aromatic heterocycles. The van der Waals surface area contributed by atoms with E-state index < -0.39 is 0 Å². The molecule has 156 valence electrons. The van der Waals surface area contributed by atoms with Gasteiger partial charge in [0.05, 0.1) is 18.2 Å². The van der Waals surface area contributed by atoms with E-state index in [1.807, 2.05) is 11.0 Å². The maximum Gasteiger partial charge on any atom is 0.236 e. The Morgan fingerprint density at radius 2 is 2.03 bits per heavy atom. The van der Waals surface area contributed by atoms with Crippen LogP contribution in [0, 0.1) is 5.82 Å². The van der Waals surface area contributed by atoms with Crippen molar-refractivity contribution in [2.24, 2.45) is 0 Å². The van der Waals surface area contributed by atoms with Crippen molar-refractivity contribution in [2.45, 2.75) is 50.9 Å². The summed E-state index contributed by atoms with van der Waals surface area (Å²) in [4.78, 5) is 21.7. The number of piperidine rings is 2. The molecule has 4 rings (SSSR count). The molecule has 0 saturated carbocycles. The van der Waals surface area contributed by atoms with Gasteiger partial charge < -0.3 is 9.32 Å². The van der Waals surface area contributed by atoms with Crippen molar-refractivity contribution in [3.05, 3.63) is 53.5 Å². The summed E-state index contributed by atoms with van der Waals surface area (Å²) in [5.74, 6) is 1.37. The van der Waals surface area contributed by atoms with Gasteiger partial charge >= 0.3 is 0 Å². The van der Waals surface area contributed by atoms with Crippen molar-refractivity contribution in [1.82, 2.24) is 14.8 Å². The third kappa shape index (κ3) is 4.86. The molecule has 2 aliphatic rings. The van der Waals surface area contributed by atoms with Crippen LogP contribution in [-0.4, -0.2) is 53.4 Å². The lowest BCUT2D eigenvalue weighted by molar-refractivity contribution is -0.135. The van der Waals surface area contributed by atoms with E-state index in [0.717, 1.165) is 43.8 Å². The van der Waals surface area contributed by atoms with Crippen molar-refractivity contribution in [3.8, 4) is 0 Å². The number of nitrogens with zero attached hydrogens (tertiary/aromatic N) is 3. The van der Waals surface area contributed by atoms with Gasteiger partial charge in [0.15, 0.2) is 0 Å². The van der Waals surface area contributed by atoms with Gasteiger partial charge in [-0.2, -0.15) is 0 Å². The van der Waals surface area contributed by atoms with Gasteiger partial charge in [0.2, 0.25) is 11.8 Å². The second kappa shape index (κ2) is 8.66. The molecule has 1 atom stereocenters. The highest BCUT2D eigenvalue weighted by Crippen LogP contribution is 2.34. The van der Waals surface area contributed by atoms with Crippen LogP contribution in [-0.2, 0) is 16.6 Å². The molecule has 0 spiro atoms. The first-order valence-electron chi connectivity index (χ1n) is 10.7. The van der Waals surface area contributed by atoms with E-state index in [1.54, 1.807) is 12.3 Å². The zero-order valence-corrected chi connectivity index (χ0v) is 17.2. The molecule has 3 heterocycles. The average molecular weight is 400 g/mol. The van der Waals surface area contributed by atoms with E-state index in [0.29, 0.717) is 25.4 Å². The molecule has 1 unspecified atom stereocenters. The Kier molecular flexibility index (Phi) is 5.99. The van der Waals surface area contributed by atoms with Gasteiger partial charge in [0.1, 0.15) is 11.6 Å². The van der Waals surface area contributed by atoms with Crippen molar-refractivity contribution in [3.63, 3.8) is 0 Å². The Morgan fingerprint density at radius 3 is 2.83 bits per heavy atom. The summed E-state index contributed by atoms with van der Waals surface area (Å²) < 4.78 is 19.5. The van der Waals surface area contributed by atoms with E-state index in [-0.39, 0.29) is 17.1 Å². The number of halogens is 1. The summed E-state index contributed by atoms with van der Waals surface area (Å²) in [7, 11) is 0. The van der Waals surface area contributed by atoms with Crippen molar-refractivity contribution < 1.29 is 13.6 Å². The minimum absolute atomic E-state index is 0.212. The number of hydrogen-bond donors (Lipinski definition) is 0. The molecule has 1 amide bonds. The van der Waals surface area contributed by atoms with E-state index in [4.69, 9.17) is 4.42 Å². The highest BCUT2D eigenvalue weighted by Gasteiger charge is 2.38. The monoisotopic (exact) mass is 399 g/mol. The maximum atomic E-state index is 13.4. The van der Waals surface area contributed by atoms with Crippen LogP contribution >= 0.6 is 0 Å². The normalized spacial score (nSPS) is 23.3. The summed E-state index contributed by atoms with van der Waals surface area (Å²) in [6, 6.07) is 6.55. The number of hydrogen-bond acceptors (Lipinski definition) is 4. The van der Waals surface area contributed by atoms with Crippen LogP contribution in [0.5, 0.6) is 0 Å². The van der Waals surface area contributed by atoms with Gasteiger partial charge in [-0.25, -0.2) is 9.37 Å². The van der Waals surface area contributed by atoms with Gasteiger partial charge in [-0.15, -0.1) is 0 Å². The molecule has 2 fully saturated rings. The number of rotatable bonds is 5. The van der Waals surface area contributed by atoms with Gasteiger partial charge in [-0.05, 0) is 63.4 Å². The predicted octanol–water partition coefficient (Wildman–Crippen LogP) is 3.77. The Labute approximate surface area is 171 Å². The fourth-order valence-electron chi connectivity index (χ4n) is 4.55. The predicted molar refractivity (Wildman–Crippen MR) is 109 cm³/mol. The lowest BCUT2D eigenvalue weighted by Crippen LogP contribution is -2.50. The van der Waals surface area contributed by atoms with Gasteiger partial charge in [0, 0.05) is 19.5 Å². The van der Waals surface area contributed by atoms with Gasteiger partial charge in [-0.1, -0.05) is 18.6 Å². The number of oxazole rings is 1. The highest BCUT2D eigenvalue weighted by molar-refractivity contribution is 5.78. The van der Waals surface area contributed by atoms with Crippen LogP contribution in [0.4, 0.5) is 4.39 Å². The van der Waals surface area contributed by atoms with Crippen molar-refractivity contribution in [2.75, 3.05) is 32.7 Å². The molecule has 0 aliphatic carbocycles. The molecular weight excluding hydrogens is 369 g/mol. The Hall–Kier alpha value is -2.21. The SMILES string of the molecule is CC1(c2ncc(Cc3cccc(F)c3)o2)CCCN(C(=O)CN2CCCCC2)C1. The van der Waals surface area contributed by atoms with E-state index >= 15 is 0 Å². The van der Waals surface area contributed by atoms with E-state index in [1.165, 1.54) is 31.4 Å². The molecule has 2 aliphatic heterocycles. The third-order valence-corrected chi connectivity index (χ3v) is 6.19. The third-order valence-electron chi connectivity index (χ3n) is 6.19. The lowest BCUT2D eigenvalue weighted by atomic mass is 9.81.